The van der Waals surface area contributed by atoms with Gasteiger partial charge < -0.3 is 10.1 Å². The predicted molar refractivity (Wildman–Crippen MR) is 46.9 cm³/mol. The van der Waals surface area contributed by atoms with Crippen LogP contribution in [-0.2, 0) is 4.74 Å². The van der Waals surface area contributed by atoms with Gasteiger partial charge in [-0.1, -0.05) is 19.1 Å². The van der Waals surface area contributed by atoms with Crippen LogP contribution in [0.2, 0.25) is 0 Å². The summed E-state index contributed by atoms with van der Waals surface area (Å²) in [7, 11) is 0. The highest BCUT2D eigenvalue weighted by atomic mass is 16.5. The molecule has 1 N–H and O–H groups in total. The van der Waals surface area contributed by atoms with E-state index in [0.29, 0.717) is 24.0 Å². The summed E-state index contributed by atoms with van der Waals surface area (Å²) in [4.78, 5) is 0. The van der Waals surface area contributed by atoms with Crippen LogP contribution < -0.4 is 5.32 Å². The molecule has 2 heteroatoms. The summed E-state index contributed by atoms with van der Waals surface area (Å²) in [5, 5.41) is 3.49. The zero-order valence-electron chi connectivity index (χ0n) is 7.58. The molecule has 1 spiro atoms. The lowest BCUT2D eigenvalue weighted by atomic mass is 9.76. The predicted octanol–water partition coefficient (Wildman–Crippen LogP) is 0.938. The molecule has 3 heterocycles. The van der Waals surface area contributed by atoms with E-state index >= 15 is 0 Å². The van der Waals surface area contributed by atoms with Crippen LogP contribution in [-0.4, -0.2) is 24.3 Å². The van der Waals surface area contributed by atoms with E-state index in [4.69, 9.17) is 4.74 Å². The summed E-state index contributed by atoms with van der Waals surface area (Å²) in [6.45, 7) is 5.66. The summed E-state index contributed by atoms with van der Waals surface area (Å²) >= 11 is 0. The molecule has 0 aromatic heterocycles. The lowest BCUT2D eigenvalue weighted by Gasteiger charge is -2.27. The highest BCUT2D eigenvalue weighted by molar-refractivity contribution is 5.28. The lowest BCUT2D eigenvalue weighted by molar-refractivity contribution is 0.0108. The molecule has 5 atom stereocenters. The molecule has 3 aliphatic rings. The van der Waals surface area contributed by atoms with Gasteiger partial charge in [-0.15, -0.1) is 0 Å². The highest BCUT2D eigenvalue weighted by Gasteiger charge is 2.60. The molecule has 2 nitrogen and oxygen atoms in total. The van der Waals surface area contributed by atoms with E-state index in [0.717, 1.165) is 6.54 Å². The van der Waals surface area contributed by atoms with E-state index in [9.17, 15) is 0 Å². The van der Waals surface area contributed by atoms with E-state index in [2.05, 4.69) is 31.3 Å². The first-order valence-corrected chi connectivity index (χ1v) is 4.84. The Kier molecular flexibility index (Phi) is 1.15. The molecule has 2 saturated heterocycles. The Morgan fingerprint density at radius 2 is 2.33 bits per heavy atom. The molecule has 3 rings (SSSR count). The number of nitrogens with one attached hydrogen (secondary N) is 1. The van der Waals surface area contributed by atoms with Gasteiger partial charge in [-0.05, 0) is 12.8 Å². The molecular weight excluding hydrogens is 150 g/mol. The van der Waals surface area contributed by atoms with Crippen molar-refractivity contribution in [3.05, 3.63) is 12.2 Å². The van der Waals surface area contributed by atoms with Crippen molar-refractivity contribution >= 4 is 0 Å². The molecule has 12 heavy (non-hydrogen) atoms. The second-order valence-electron chi connectivity index (χ2n) is 4.39. The average molecular weight is 165 g/mol. The van der Waals surface area contributed by atoms with Crippen molar-refractivity contribution in [1.29, 1.82) is 0 Å². The maximum absolute atomic E-state index is 6.03. The maximum atomic E-state index is 6.03. The largest absolute Gasteiger partial charge is 0.361 e. The number of ether oxygens (including phenoxy) is 1. The van der Waals surface area contributed by atoms with Crippen molar-refractivity contribution in [3.8, 4) is 0 Å². The van der Waals surface area contributed by atoms with Crippen molar-refractivity contribution < 1.29 is 4.74 Å². The first-order chi connectivity index (χ1) is 5.74. The first kappa shape index (κ1) is 7.10. The molecule has 2 fully saturated rings. The summed E-state index contributed by atoms with van der Waals surface area (Å²) in [6, 6.07) is 0.494. The summed E-state index contributed by atoms with van der Waals surface area (Å²) in [5.74, 6) is 1.41. The Hall–Kier alpha value is -0.340. The van der Waals surface area contributed by atoms with Crippen LogP contribution in [0.15, 0.2) is 12.2 Å². The van der Waals surface area contributed by atoms with E-state index in [1.54, 1.807) is 0 Å². The highest BCUT2D eigenvalue weighted by Crippen LogP contribution is 2.50. The van der Waals surface area contributed by atoms with Gasteiger partial charge in [0.25, 0.3) is 0 Å². The number of hydrogen-bond acceptors (Lipinski definition) is 2. The van der Waals surface area contributed by atoms with Gasteiger partial charge >= 0.3 is 0 Å². The Balaban J connectivity index is 2.07. The SMILES string of the molecule is C[C@@H]1[C@@H]2C=C[C@]3(O2)[C@H](C)NC[C@@H]13. The fourth-order valence-corrected chi connectivity index (χ4v) is 3.07. The van der Waals surface area contributed by atoms with Gasteiger partial charge in [-0.3, -0.25) is 0 Å². The minimum Gasteiger partial charge on any atom is -0.361 e. The van der Waals surface area contributed by atoms with Crippen molar-refractivity contribution in [2.45, 2.75) is 31.6 Å². The number of rotatable bonds is 0. The van der Waals surface area contributed by atoms with Crippen LogP contribution in [0.4, 0.5) is 0 Å². The van der Waals surface area contributed by atoms with Gasteiger partial charge in [0, 0.05) is 18.5 Å². The molecule has 0 amide bonds. The second kappa shape index (κ2) is 1.94. The second-order valence-corrected chi connectivity index (χ2v) is 4.39. The minimum absolute atomic E-state index is 0.0596. The molecule has 0 saturated carbocycles. The number of fused-ring (bicyclic) bond motifs is 1. The van der Waals surface area contributed by atoms with E-state index in [-0.39, 0.29) is 5.60 Å². The van der Waals surface area contributed by atoms with Crippen LogP contribution >= 0.6 is 0 Å². The third kappa shape index (κ3) is 0.570. The molecular formula is C10H15NO. The molecule has 66 valence electrons. The van der Waals surface area contributed by atoms with Gasteiger partial charge in [-0.2, -0.15) is 0 Å². The maximum Gasteiger partial charge on any atom is 0.106 e. The number of hydrogen-bond donors (Lipinski definition) is 1. The van der Waals surface area contributed by atoms with Crippen LogP contribution in [0.3, 0.4) is 0 Å². The van der Waals surface area contributed by atoms with E-state index in [1.165, 1.54) is 0 Å². The Morgan fingerprint density at radius 1 is 1.50 bits per heavy atom. The molecule has 3 aliphatic heterocycles. The van der Waals surface area contributed by atoms with E-state index in [1.807, 2.05) is 0 Å². The van der Waals surface area contributed by atoms with Crippen LogP contribution in [0.1, 0.15) is 13.8 Å². The van der Waals surface area contributed by atoms with Crippen molar-refractivity contribution in [3.63, 3.8) is 0 Å². The van der Waals surface area contributed by atoms with Crippen LogP contribution in [0, 0.1) is 11.8 Å². The molecule has 0 aliphatic carbocycles. The smallest absolute Gasteiger partial charge is 0.106 e. The Labute approximate surface area is 73.0 Å². The van der Waals surface area contributed by atoms with Crippen molar-refractivity contribution in [1.82, 2.24) is 5.32 Å². The van der Waals surface area contributed by atoms with Crippen LogP contribution in [0.5, 0.6) is 0 Å². The molecule has 2 bridgehead atoms. The zero-order chi connectivity index (χ0) is 8.34. The van der Waals surface area contributed by atoms with Crippen molar-refractivity contribution in [2.24, 2.45) is 11.8 Å². The minimum atomic E-state index is 0.0596. The molecule has 0 radical (unpaired) electrons. The Bertz CT molecular complexity index is 250. The monoisotopic (exact) mass is 165 g/mol. The average Bonchev–Trinajstić information content (AvgIpc) is 2.66. The third-order valence-corrected chi connectivity index (χ3v) is 3.94. The standard InChI is InChI=1S/C10H15NO/c1-6-8-5-11-7(2)10(8)4-3-9(6)12-10/h3-4,6-9,11H,5H2,1-2H3/t6-,7-,8-,9-,10-/m0/s1. The van der Waals surface area contributed by atoms with Gasteiger partial charge in [0.2, 0.25) is 0 Å². The summed E-state index contributed by atoms with van der Waals surface area (Å²) in [6.07, 6.45) is 4.93. The van der Waals surface area contributed by atoms with E-state index < -0.39 is 0 Å². The summed E-state index contributed by atoms with van der Waals surface area (Å²) in [5.41, 5.74) is 0.0596. The Morgan fingerprint density at radius 3 is 3.08 bits per heavy atom. The molecule has 0 aromatic rings. The third-order valence-electron chi connectivity index (χ3n) is 3.94. The van der Waals surface area contributed by atoms with Gasteiger partial charge in [0.15, 0.2) is 0 Å². The van der Waals surface area contributed by atoms with Crippen molar-refractivity contribution in [2.75, 3.05) is 6.54 Å². The fourth-order valence-electron chi connectivity index (χ4n) is 3.07. The summed E-state index contributed by atoms with van der Waals surface area (Å²) < 4.78 is 6.03. The fraction of sp³-hybridized carbons (Fsp3) is 0.800. The zero-order valence-corrected chi connectivity index (χ0v) is 7.58. The molecule has 0 aromatic carbocycles. The van der Waals surface area contributed by atoms with Gasteiger partial charge in [0.05, 0.1) is 6.10 Å². The normalized spacial score (nSPS) is 61.2. The lowest BCUT2D eigenvalue weighted by Crippen LogP contribution is -2.40. The van der Waals surface area contributed by atoms with Crippen LogP contribution in [0.25, 0.3) is 0 Å². The quantitative estimate of drug-likeness (QED) is 0.539. The van der Waals surface area contributed by atoms with Gasteiger partial charge in [0.1, 0.15) is 5.60 Å². The molecule has 0 unspecified atom stereocenters. The topological polar surface area (TPSA) is 21.3 Å². The first-order valence-electron chi connectivity index (χ1n) is 4.84. The van der Waals surface area contributed by atoms with Gasteiger partial charge in [-0.25, -0.2) is 0 Å².